The number of thiophene rings is 1. The molecule has 0 aliphatic carbocycles. The molecule has 0 atom stereocenters. The number of hydrazone groups is 1. The third-order valence-corrected chi connectivity index (χ3v) is 5.81. The Kier molecular flexibility index (Phi) is 7.11. The first-order chi connectivity index (χ1) is 14.5. The first-order valence-electron chi connectivity index (χ1n) is 10.1. The molecule has 0 saturated carbocycles. The second-order valence-electron chi connectivity index (χ2n) is 7.31. The van der Waals surface area contributed by atoms with Crippen molar-refractivity contribution in [1.29, 1.82) is 0 Å². The van der Waals surface area contributed by atoms with Crippen LogP contribution in [0.5, 0.6) is 0 Å². The Morgan fingerprint density at radius 2 is 1.97 bits per heavy atom. The fourth-order valence-corrected chi connectivity index (χ4v) is 3.93. The van der Waals surface area contributed by atoms with Crippen molar-refractivity contribution in [3.8, 4) is 0 Å². The standard InChI is InChI=1S/C24H28N2O3S/c1-6-10-20-19-13-14-30-23(19)22(29-15-18-11-8-7-9-12-18)21(24(27)28-5)26(20)25-17(4)16(2)3/h7-14,16H,6,15H2,1-5H3/b20-10+,25-17+. The SMILES string of the molecule is CC/C=C1\c2ccsc2C(OCc2ccccc2)=C(C(=O)OC)N1/N=C(\C)C(C)C. The maximum absolute atomic E-state index is 12.9. The molecule has 5 nitrogen and oxygen atoms in total. The van der Waals surface area contributed by atoms with Crippen molar-refractivity contribution in [2.24, 2.45) is 11.0 Å². The number of nitrogens with zero attached hydrogens (tertiary/aromatic N) is 2. The summed E-state index contributed by atoms with van der Waals surface area (Å²) < 4.78 is 11.4. The molecule has 3 rings (SSSR count). The first kappa shape index (κ1) is 21.8. The van der Waals surface area contributed by atoms with Crippen molar-refractivity contribution in [1.82, 2.24) is 5.01 Å². The molecule has 0 bridgehead atoms. The van der Waals surface area contributed by atoms with E-state index in [0.717, 1.165) is 33.8 Å². The van der Waals surface area contributed by atoms with Gasteiger partial charge in [-0.2, -0.15) is 5.10 Å². The summed E-state index contributed by atoms with van der Waals surface area (Å²) in [6.07, 6.45) is 2.89. The van der Waals surface area contributed by atoms with Crippen molar-refractivity contribution in [3.05, 3.63) is 69.6 Å². The highest BCUT2D eigenvalue weighted by atomic mass is 32.1. The predicted octanol–water partition coefficient (Wildman–Crippen LogP) is 5.90. The van der Waals surface area contributed by atoms with Gasteiger partial charge in [0, 0.05) is 11.3 Å². The molecule has 0 N–H and O–H groups in total. The second-order valence-corrected chi connectivity index (χ2v) is 8.23. The Hall–Kier alpha value is -2.86. The summed E-state index contributed by atoms with van der Waals surface area (Å²) in [6.45, 7) is 8.55. The highest BCUT2D eigenvalue weighted by molar-refractivity contribution is 7.11. The van der Waals surface area contributed by atoms with Gasteiger partial charge >= 0.3 is 5.97 Å². The minimum atomic E-state index is -0.473. The molecule has 1 aliphatic heterocycles. The van der Waals surface area contributed by atoms with Gasteiger partial charge < -0.3 is 9.47 Å². The third-order valence-electron chi connectivity index (χ3n) is 4.90. The Morgan fingerprint density at radius 3 is 2.60 bits per heavy atom. The van der Waals surface area contributed by atoms with Crippen LogP contribution in [0, 0.1) is 5.92 Å². The van der Waals surface area contributed by atoms with Crippen molar-refractivity contribution in [3.63, 3.8) is 0 Å². The summed E-state index contributed by atoms with van der Waals surface area (Å²) in [7, 11) is 1.38. The van der Waals surface area contributed by atoms with Crippen LogP contribution in [0.2, 0.25) is 0 Å². The van der Waals surface area contributed by atoms with Crippen molar-refractivity contribution in [2.75, 3.05) is 7.11 Å². The number of esters is 1. The Balaban J connectivity index is 2.18. The Labute approximate surface area is 182 Å². The lowest BCUT2D eigenvalue weighted by Gasteiger charge is -2.31. The van der Waals surface area contributed by atoms with Crippen LogP contribution in [-0.4, -0.2) is 23.8 Å². The number of hydrogen-bond donors (Lipinski definition) is 0. The van der Waals surface area contributed by atoms with Gasteiger partial charge in [0.05, 0.1) is 17.7 Å². The zero-order valence-corrected chi connectivity index (χ0v) is 19.0. The van der Waals surface area contributed by atoms with Gasteiger partial charge in [-0.05, 0) is 36.3 Å². The van der Waals surface area contributed by atoms with Gasteiger partial charge in [0.25, 0.3) is 0 Å². The van der Waals surface area contributed by atoms with E-state index in [1.54, 1.807) is 16.3 Å². The largest absolute Gasteiger partial charge is 0.485 e. The topological polar surface area (TPSA) is 51.1 Å². The fraction of sp³-hybridized carbons (Fsp3) is 0.333. The lowest BCUT2D eigenvalue weighted by molar-refractivity contribution is -0.137. The quantitative estimate of drug-likeness (QED) is 0.410. The van der Waals surface area contributed by atoms with Crippen molar-refractivity contribution < 1.29 is 14.3 Å². The number of methoxy groups -OCH3 is 1. The van der Waals surface area contributed by atoms with Crippen molar-refractivity contribution >= 4 is 34.5 Å². The van der Waals surface area contributed by atoms with Gasteiger partial charge in [-0.1, -0.05) is 57.2 Å². The molecular formula is C24H28N2O3S. The summed E-state index contributed by atoms with van der Waals surface area (Å²) in [5.41, 5.74) is 4.14. The lowest BCUT2D eigenvalue weighted by atomic mass is 10.0. The van der Waals surface area contributed by atoms with Gasteiger partial charge in [0.15, 0.2) is 11.5 Å². The highest BCUT2D eigenvalue weighted by Crippen LogP contribution is 2.43. The maximum Gasteiger partial charge on any atom is 0.360 e. The van der Waals surface area contributed by atoms with E-state index in [0.29, 0.717) is 18.1 Å². The average Bonchev–Trinajstić information content (AvgIpc) is 3.23. The number of carbonyl (C=O) groups excluding carboxylic acids is 1. The minimum Gasteiger partial charge on any atom is -0.485 e. The molecule has 0 amide bonds. The van der Waals surface area contributed by atoms with E-state index in [-0.39, 0.29) is 5.92 Å². The van der Waals surface area contributed by atoms with E-state index < -0.39 is 5.97 Å². The smallest absolute Gasteiger partial charge is 0.360 e. The average molecular weight is 425 g/mol. The first-order valence-corrected chi connectivity index (χ1v) is 11.0. The Bertz CT molecular complexity index is 987. The van der Waals surface area contributed by atoms with Crippen LogP contribution in [0.3, 0.4) is 0 Å². The number of hydrogen-bond acceptors (Lipinski definition) is 6. The van der Waals surface area contributed by atoms with E-state index >= 15 is 0 Å². The van der Waals surface area contributed by atoms with Gasteiger partial charge in [0.2, 0.25) is 0 Å². The summed E-state index contributed by atoms with van der Waals surface area (Å²) in [4.78, 5) is 13.9. The Morgan fingerprint density at radius 1 is 1.23 bits per heavy atom. The number of fused-ring (bicyclic) bond motifs is 1. The lowest BCUT2D eigenvalue weighted by Crippen LogP contribution is -2.29. The third kappa shape index (κ3) is 4.49. The van der Waals surface area contributed by atoms with Gasteiger partial charge in [-0.3, -0.25) is 0 Å². The number of benzene rings is 1. The molecule has 0 fully saturated rings. The van der Waals surface area contributed by atoms with E-state index in [4.69, 9.17) is 14.6 Å². The molecule has 0 unspecified atom stereocenters. The number of carbonyl (C=O) groups is 1. The summed E-state index contributed by atoms with van der Waals surface area (Å²) in [5, 5.41) is 8.52. The zero-order valence-electron chi connectivity index (χ0n) is 18.1. The molecule has 1 aliphatic rings. The zero-order chi connectivity index (χ0) is 21.7. The molecule has 0 spiro atoms. The summed E-state index contributed by atoms with van der Waals surface area (Å²) in [5.74, 6) is 0.271. The summed E-state index contributed by atoms with van der Waals surface area (Å²) in [6, 6.07) is 11.9. The predicted molar refractivity (Wildman–Crippen MR) is 123 cm³/mol. The monoisotopic (exact) mass is 424 g/mol. The van der Waals surface area contributed by atoms with Crippen LogP contribution in [0.15, 0.2) is 58.7 Å². The van der Waals surface area contributed by atoms with E-state index in [1.807, 2.05) is 42.6 Å². The molecule has 158 valence electrons. The molecule has 0 radical (unpaired) electrons. The minimum absolute atomic E-state index is 0.240. The van der Waals surface area contributed by atoms with Crippen LogP contribution >= 0.6 is 11.3 Å². The number of rotatable bonds is 7. The van der Waals surface area contributed by atoms with E-state index in [1.165, 1.54) is 7.11 Å². The fourth-order valence-electron chi connectivity index (χ4n) is 3.03. The van der Waals surface area contributed by atoms with Gasteiger partial charge in [0.1, 0.15) is 6.61 Å². The molecule has 0 saturated heterocycles. The molecule has 2 aromatic rings. The second kappa shape index (κ2) is 9.76. The molecule has 6 heteroatoms. The molecule has 1 aromatic carbocycles. The van der Waals surface area contributed by atoms with E-state index in [9.17, 15) is 4.79 Å². The van der Waals surface area contributed by atoms with E-state index in [2.05, 4.69) is 32.9 Å². The maximum atomic E-state index is 12.9. The van der Waals surface area contributed by atoms with Gasteiger partial charge in [-0.15, -0.1) is 11.3 Å². The van der Waals surface area contributed by atoms with Crippen LogP contribution in [0.25, 0.3) is 11.5 Å². The molecule has 30 heavy (non-hydrogen) atoms. The van der Waals surface area contributed by atoms with Crippen LogP contribution in [0.1, 0.15) is 50.1 Å². The molecular weight excluding hydrogens is 396 g/mol. The molecule has 2 heterocycles. The van der Waals surface area contributed by atoms with Crippen LogP contribution < -0.4 is 0 Å². The van der Waals surface area contributed by atoms with Crippen LogP contribution in [-0.2, 0) is 20.9 Å². The summed E-state index contributed by atoms with van der Waals surface area (Å²) >= 11 is 1.55. The molecule has 1 aromatic heterocycles. The normalized spacial score (nSPS) is 15.6. The van der Waals surface area contributed by atoms with Crippen molar-refractivity contribution in [2.45, 2.75) is 40.7 Å². The number of allylic oxidation sites excluding steroid dienone is 1. The number of ether oxygens (including phenoxy) is 2. The van der Waals surface area contributed by atoms with Gasteiger partial charge in [-0.25, -0.2) is 9.80 Å². The van der Waals surface area contributed by atoms with Crippen LogP contribution in [0.4, 0.5) is 0 Å². The highest BCUT2D eigenvalue weighted by Gasteiger charge is 2.36.